The van der Waals surface area contributed by atoms with Crippen LogP contribution in [-0.4, -0.2) is 43.5 Å². The molecule has 0 saturated carbocycles. The van der Waals surface area contributed by atoms with Crippen molar-refractivity contribution in [2.45, 2.75) is 20.0 Å². The molecule has 1 aliphatic rings. The van der Waals surface area contributed by atoms with Gasteiger partial charge in [-0.1, -0.05) is 18.2 Å². The fraction of sp³-hybridized carbons (Fsp3) is 0.261. The minimum Gasteiger partial charge on any atom is -0.482 e. The Bertz CT molecular complexity index is 985. The van der Waals surface area contributed by atoms with Crippen molar-refractivity contribution in [3.8, 4) is 5.75 Å². The largest absolute Gasteiger partial charge is 0.482 e. The van der Waals surface area contributed by atoms with Crippen LogP contribution in [0.4, 0.5) is 11.4 Å². The normalized spacial score (nSPS) is 13.8. The highest BCUT2D eigenvalue weighted by atomic mass is 16.5. The zero-order valence-corrected chi connectivity index (χ0v) is 17.0. The molecule has 30 heavy (non-hydrogen) atoms. The summed E-state index contributed by atoms with van der Waals surface area (Å²) in [5.41, 5.74) is 2.58. The van der Waals surface area contributed by atoms with Crippen LogP contribution in [0.15, 0.2) is 55.1 Å². The van der Waals surface area contributed by atoms with Gasteiger partial charge in [-0.05, 0) is 49.7 Å². The molecule has 156 valence electrons. The highest BCUT2D eigenvalue weighted by Gasteiger charge is 2.27. The number of ether oxygens (including phenoxy) is 2. The van der Waals surface area contributed by atoms with Crippen molar-refractivity contribution < 1.29 is 23.9 Å². The SMILES string of the molecule is C=CCN1C(=O)COc2ccc(C(=O)C(C)OCC(=O)Nc3cccc(C)c3)cc21. The second-order valence-electron chi connectivity index (χ2n) is 7.00. The fourth-order valence-corrected chi connectivity index (χ4v) is 3.12. The molecule has 0 aliphatic carbocycles. The summed E-state index contributed by atoms with van der Waals surface area (Å²) < 4.78 is 10.9. The van der Waals surface area contributed by atoms with E-state index in [2.05, 4.69) is 11.9 Å². The molecule has 1 N–H and O–H groups in total. The van der Waals surface area contributed by atoms with Gasteiger partial charge in [0.25, 0.3) is 5.91 Å². The highest BCUT2D eigenvalue weighted by molar-refractivity contribution is 6.03. The van der Waals surface area contributed by atoms with Crippen molar-refractivity contribution in [1.82, 2.24) is 0 Å². The van der Waals surface area contributed by atoms with Gasteiger partial charge < -0.3 is 19.7 Å². The first-order valence-electron chi connectivity index (χ1n) is 9.59. The Morgan fingerprint density at radius 2 is 2.10 bits per heavy atom. The summed E-state index contributed by atoms with van der Waals surface area (Å²) in [6, 6.07) is 12.3. The van der Waals surface area contributed by atoms with Crippen molar-refractivity contribution in [2.24, 2.45) is 0 Å². The fourth-order valence-electron chi connectivity index (χ4n) is 3.12. The number of fused-ring (bicyclic) bond motifs is 1. The Morgan fingerprint density at radius 1 is 1.30 bits per heavy atom. The summed E-state index contributed by atoms with van der Waals surface area (Å²) in [5.74, 6) is -0.317. The Labute approximate surface area is 175 Å². The summed E-state index contributed by atoms with van der Waals surface area (Å²) in [6.45, 7) is 7.19. The number of hydrogen-bond acceptors (Lipinski definition) is 5. The summed E-state index contributed by atoms with van der Waals surface area (Å²) in [6.07, 6.45) is 0.777. The predicted octanol–water partition coefficient (Wildman–Crippen LogP) is 3.13. The van der Waals surface area contributed by atoms with E-state index in [1.807, 2.05) is 25.1 Å². The lowest BCUT2D eigenvalue weighted by atomic mass is 10.0. The van der Waals surface area contributed by atoms with Crippen LogP contribution in [0.25, 0.3) is 0 Å². The maximum absolute atomic E-state index is 12.8. The van der Waals surface area contributed by atoms with Crippen molar-refractivity contribution in [1.29, 1.82) is 0 Å². The summed E-state index contributed by atoms with van der Waals surface area (Å²) >= 11 is 0. The first kappa shape index (κ1) is 21.3. The molecule has 1 unspecified atom stereocenters. The molecule has 3 rings (SSSR count). The lowest BCUT2D eigenvalue weighted by molar-refractivity contribution is -0.122. The van der Waals surface area contributed by atoms with E-state index >= 15 is 0 Å². The zero-order valence-electron chi connectivity index (χ0n) is 17.0. The topological polar surface area (TPSA) is 84.9 Å². The van der Waals surface area contributed by atoms with Gasteiger partial charge in [-0.2, -0.15) is 0 Å². The van der Waals surface area contributed by atoms with Crippen molar-refractivity contribution in [2.75, 3.05) is 30.0 Å². The van der Waals surface area contributed by atoms with Crippen LogP contribution in [0.2, 0.25) is 0 Å². The number of benzene rings is 2. The molecule has 7 heteroatoms. The van der Waals surface area contributed by atoms with E-state index in [-0.39, 0.29) is 30.8 Å². The van der Waals surface area contributed by atoms with Crippen LogP contribution in [-0.2, 0) is 14.3 Å². The van der Waals surface area contributed by atoms with E-state index < -0.39 is 6.10 Å². The van der Waals surface area contributed by atoms with Gasteiger partial charge in [0.2, 0.25) is 5.91 Å². The number of carbonyl (C=O) groups is 3. The first-order valence-corrected chi connectivity index (χ1v) is 9.59. The van der Waals surface area contributed by atoms with Gasteiger partial charge in [-0.15, -0.1) is 6.58 Å². The lowest BCUT2D eigenvalue weighted by Crippen LogP contribution is -2.39. The summed E-state index contributed by atoms with van der Waals surface area (Å²) in [7, 11) is 0. The molecule has 2 amide bonds. The number of anilines is 2. The minimum absolute atomic E-state index is 0.0519. The summed E-state index contributed by atoms with van der Waals surface area (Å²) in [4.78, 5) is 38.5. The van der Waals surface area contributed by atoms with Gasteiger partial charge in [0.15, 0.2) is 12.4 Å². The molecule has 0 saturated heterocycles. The van der Waals surface area contributed by atoms with Crippen LogP contribution < -0.4 is 15.0 Å². The van der Waals surface area contributed by atoms with Crippen molar-refractivity contribution in [3.63, 3.8) is 0 Å². The minimum atomic E-state index is -0.834. The molecule has 0 spiro atoms. The second-order valence-corrected chi connectivity index (χ2v) is 7.00. The van der Waals surface area contributed by atoms with Crippen LogP contribution >= 0.6 is 0 Å². The number of nitrogens with zero attached hydrogens (tertiary/aromatic N) is 1. The van der Waals surface area contributed by atoms with E-state index in [0.29, 0.717) is 29.2 Å². The molecule has 7 nitrogen and oxygen atoms in total. The van der Waals surface area contributed by atoms with E-state index in [0.717, 1.165) is 5.56 Å². The highest BCUT2D eigenvalue weighted by Crippen LogP contribution is 2.33. The quantitative estimate of drug-likeness (QED) is 0.536. The number of Topliss-reactive ketones (excluding diaryl/α,β-unsaturated/α-hetero) is 1. The molecule has 0 fully saturated rings. The third-order valence-corrected chi connectivity index (χ3v) is 4.63. The van der Waals surface area contributed by atoms with Gasteiger partial charge in [0.05, 0.1) is 5.69 Å². The molecule has 0 aromatic heterocycles. The second kappa shape index (κ2) is 9.37. The van der Waals surface area contributed by atoms with Crippen LogP contribution in [0.1, 0.15) is 22.8 Å². The Morgan fingerprint density at radius 3 is 2.83 bits per heavy atom. The molecule has 0 radical (unpaired) electrons. The average Bonchev–Trinajstić information content (AvgIpc) is 2.73. The van der Waals surface area contributed by atoms with E-state index in [1.54, 1.807) is 37.3 Å². The zero-order chi connectivity index (χ0) is 21.7. The number of ketones is 1. The number of amides is 2. The monoisotopic (exact) mass is 408 g/mol. The number of aryl methyl sites for hydroxylation is 1. The van der Waals surface area contributed by atoms with Crippen molar-refractivity contribution >= 4 is 29.0 Å². The molecule has 2 aromatic rings. The van der Waals surface area contributed by atoms with Crippen LogP contribution in [0, 0.1) is 6.92 Å². The Balaban J connectivity index is 1.64. The maximum Gasteiger partial charge on any atom is 0.265 e. The Kier molecular flexibility index (Phi) is 6.64. The average molecular weight is 408 g/mol. The number of rotatable bonds is 8. The molecule has 2 aromatic carbocycles. The molecular formula is C23H24N2O5. The third-order valence-electron chi connectivity index (χ3n) is 4.63. The molecule has 0 bridgehead atoms. The van der Waals surface area contributed by atoms with Gasteiger partial charge in [-0.25, -0.2) is 0 Å². The molecule has 1 heterocycles. The number of carbonyl (C=O) groups excluding carboxylic acids is 3. The third kappa shape index (κ3) is 4.93. The van der Waals surface area contributed by atoms with E-state index in [1.165, 1.54) is 4.90 Å². The predicted molar refractivity (Wildman–Crippen MR) is 114 cm³/mol. The van der Waals surface area contributed by atoms with Gasteiger partial charge in [0, 0.05) is 17.8 Å². The first-order chi connectivity index (χ1) is 14.4. The number of nitrogens with one attached hydrogen (secondary N) is 1. The smallest absolute Gasteiger partial charge is 0.265 e. The van der Waals surface area contributed by atoms with Gasteiger partial charge in [0.1, 0.15) is 18.5 Å². The van der Waals surface area contributed by atoms with Gasteiger partial charge >= 0.3 is 0 Å². The Hall–Kier alpha value is -3.45. The van der Waals surface area contributed by atoms with Crippen molar-refractivity contribution in [3.05, 3.63) is 66.2 Å². The van der Waals surface area contributed by atoms with E-state index in [9.17, 15) is 14.4 Å². The lowest BCUT2D eigenvalue weighted by Gasteiger charge is -2.29. The summed E-state index contributed by atoms with van der Waals surface area (Å²) in [5, 5.41) is 2.74. The molecule has 1 atom stereocenters. The number of hydrogen-bond donors (Lipinski definition) is 1. The standard InChI is InChI=1S/C23H24N2O5/c1-4-10-25-19-12-17(8-9-20(19)30-14-22(25)27)23(28)16(3)29-13-21(26)24-18-7-5-6-15(2)11-18/h4-9,11-12,16H,1,10,13-14H2,2-3H3,(H,24,26). The van der Waals surface area contributed by atoms with Crippen LogP contribution in [0.3, 0.4) is 0 Å². The van der Waals surface area contributed by atoms with E-state index in [4.69, 9.17) is 9.47 Å². The van der Waals surface area contributed by atoms with Crippen LogP contribution in [0.5, 0.6) is 5.75 Å². The van der Waals surface area contributed by atoms with Gasteiger partial charge in [-0.3, -0.25) is 14.4 Å². The maximum atomic E-state index is 12.8. The molecule has 1 aliphatic heterocycles. The molecular weight excluding hydrogens is 384 g/mol.